The molecule has 0 heterocycles. The lowest BCUT2D eigenvalue weighted by molar-refractivity contribution is -0.155. The number of ether oxygens (including phenoxy) is 1. The Morgan fingerprint density at radius 3 is 2.05 bits per heavy atom. The molecule has 0 aliphatic heterocycles. The van der Waals surface area contributed by atoms with E-state index in [-0.39, 0.29) is 11.3 Å². The van der Waals surface area contributed by atoms with Crippen LogP contribution >= 0.6 is 0 Å². The molecule has 0 spiro atoms. The van der Waals surface area contributed by atoms with E-state index < -0.39 is 33.7 Å². The third-order valence-electron chi connectivity index (χ3n) is 5.22. The second-order valence-corrected chi connectivity index (χ2v) is 11.5. The molecule has 0 radical (unpaired) electrons. The monoisotopic (exact) mass is 523 g/mol. The van der Waals surface area contributed by atoms with Gasteiger partial charge in [0.05, 0.1) is 11.3 Å². The van der Waals surface area contributed by atoms with Crippen molar-refractivity contribution >= 4 is 33.4 Å². The molecule has 9 heteroatoms. The summed E-state index contributed by atoms with van der Waals surface area (Å²) < 4.78 is 33.1. The molecule has 3 rings (SSSR count). The average Bonchev–Trinajstić information content (AvgIpc) is 2.80. The second-order valence-electron chi connectivity index (χ2n) is 9.77. The topological polar surface area (TPSA) is 114 Å². The molecule has 196 valence electrons. The number of esters is 1. The van der Waals surface area contributed by atoms with Gasteiger partial charge >= 0.3 is 12.0 Å². The molecule has 3 N–H and O–H groups in total. The molecule has 0 unspecified atom stereocenters. The molecular weight excluding hydrogens is 490 g/mol. The summed E-state index contributed by atoms with van der Waals surface area (Å²) in [4.78, 5) is 25.3. The standard InChI is InChI=1S/C28H33N3O5S/c1-20-10-16-25(17-11-20)37(34,35)31-23-14-12-22(13-15-23)29-27(33)30-24(18-21-8-6-5-7-9-21)19-26(32)36-28(2,3)4/h5-17,24,31H,18-19H2,1-4H3,(H2,29,30,33)/t24-/m0/s1. The van der Waals surface area contributed by atoms with Crippen molar-refractivity contribution < 1.29 is 22.7 Å². The maximum Gasteiger partial charge on any atom is 0.319 e. The first-order valence-electron chi connectivity index (χ1n) is 11.9. The van der Waals surface area contributed by atoms with Crippen LogP contribution in [0.3, 0.4) is 0 Å². The number of carbonyl (C=O) groups is 2. The summed E-state index contributed by atoms with van der Waals surface area (Å²) in [6.07, 6.45) is 0.465. The number of anilines is 2. The lowest BCUT2D eigenvalue weighted by Crippen LogP contribution is -2.41. The van der Waals surface area contributed by atoms with Gasteiger partial charge in [0.1, 0.15) is 5.60 Å². The minimum Gasteiger partial charge on any atom is -0.460 e. The summed E-state index contributed by atoms with van der Waals surface area (Å²) in [6, 6.07) is 21.4. The number of nitrogens with one attached hydrogen (secondary N) is 3. The summed E-state index contributed by atoms with van der Waals surface area (Å²) in [5.74, 6) is -0.404. The van der Waals surface area contributed by atoms with E-state index in [2.05, 4.69) is 15.4 Å². The first-order valence-corrected chi connectivity index (χ1v) is 13.4. The van der Waals surface area contributed by atoms with E-state index in [1.165, 1.54) is 0 Å². The van der Waals surface area contributed by atoms with Gasteiger partial charge in [-0.1, -0.05) is 48.0 Å². The predicted molar refractivity (Wildman–Crippen MR) is 145 cm³/mol. The van der Waals surface area contributed by atoms with Crippen molar-refractivity contribution in [3.63, 3.8) is 0 Å². The summed E-state index contributed by atoms with van der Waals surface area (Å²) in [7, 11) is -3.73. The Morgan fingerprint density at radius 1 is 0.865 bits per heavy atom. The van der Waals surface area contributed by atoms with E-state index in [1.807, 2.05) is 37.3 Å². The Morgan fingerprint density at radius 2 is 1.46 bits per heavy atom. The Balaban J connectivity index is 1.62. The summed E-state index contributed by atoms with van der Waals surface area (Å²) in [5, 5.41) is 5.58. The smallest absolute Gasteiger partial charge is 0.319 e. The lowest BCUT2D eigenvalue weighted by Gasteiger charge is -2.23. The van der Waals surface area contributed by atoms with Gasteiger partial charge in [0.25, 0.3) is 10.0 Å². The molecule has 0 saturated heterocycles. The van der Waals surface area contributed by atoms with Gasteiger partial charge in [-0.15, -0.1) is 0 Å². The SMILES string of the molecule is Cc1ccc(S(=O)(=O)Nc2ccc(NC(=O)N[C@H](CC(=O)OC(C)(C)C)Cc3ccccc3)cc2)cc1. The third kappa shape index (κ3) is 9.27. The number of urea groups is 1. The Kier molecular flexibility index (Phi) is 8.94. The van der Waals surface area contributed by atoms with Crippen LogP contribution in [0.4, 0.5) is 16.2 Å². The number of sulfonamides is 1. The first-order chi connectivity index (χ1) is 17.4. The molecule has 1 atom stereocenters. The van der Waals surface area contributed by atoms with Gasteiger partial charge in [-0.2, -0.15) is 0 Å². The van der Waals surface area contributed by atoms with Gasteiger partial charge < -0.3 is 15.4 Å². The Labute approximate surface area is 218 Å². The van der Waals surface area contributed by atoms with Crippen molar-refractivity contribution in [2.24, 2.45) is 0 Å². The summed E-state index contributed by atoms with van der Waals surface area (Å²) >= 11 is 0. The molecule has 2 amide bonds. The van der Waals surface area contributed by atoms with Crippen molar-refractivity contribution in [1.29, 1.82) is 0 Å². The quantitative estimate of drug-likeness (QED) is 0.331. The molecule has 0 aliphatic rings. The van der Waals surface area contributed by atoms with Crippen LogP contribution in [0.1, 0.15) is 38.3 Å². The Bertz CT molecular complexity index is 1300. The highest BCUT2D eigenvalue weighted by Gasteiger charge is 2.22. The van der Waals surface area contributed by atoms with E-state index in [1.54, 1.807) is 69.3 Å². The van der Waals surface area contributed by atoms with Crippen LogP contribution in [0, 0.1) is 6.92 Å². The van der Waals surface area contributed by atoms with E-state index >= 15 is 0 Å². The van der Waals surface area contributed by atoms with Crippen LogP contribution < -0.4 is 15.4 Å². The minimum absolute atomic E-state index is 0.0132. The maximum atomic E-state index is 12.7. The van der Waals surface area contributed by atoms with Gasteiger partial charge in [-0.25, -0.2) is 13.2 Å². The first kappa shape index (κ1) is 27.7. The van der Waals surface area contributed by atoms with Crippen molar-refractivity contribution in [3.05, 3.63) is 90.0 Å². The molecule has 3 aromatic rings. The highest BCUT2D eigenvalue weighted by atomic mass is 32.2. The van der Waals surface area contributed by atoms with Crippen LogP contribution in [-0.2, 0) is 26.0 Å². The van der Waals surface area contributed by atoms with Gasteiger partial charge in [0, 0.05) is 17.4 Å². The fraction of sp³-hybridized carbons (Fsp3) is 0.286. The molecule has 37 heavy (non-hydrogen) atoms. The van der Waals surface area contributed by atoms with Crippen LogP contribution in [0.15, 0.2) is 83.8 Å². The zero-order valence-electron chi connectivity index (χ0n) is 21.4. The Hall–Kier alpha value is -3.85. The van der Waals surface area contributed by atoms with Crippen LogP contribution in [-0.4, -0.2) is 32.1 Å². The number of amides is 2. The van der Waals surface area contributed by atoms with Gasteiger partial charge in [-0.3, -0.25) is 9.52 Å². The molecule has 8 nitrogen and oxygen atoms in total. The number of hydrogen-bond acceptors (Lipinski definition) is 5. The second kappa shape index (κ2) is 11.9. The zero-order chi connectivity index (χ0) is 27.1. The maximum absolute atomic E-state index is 12.7. The van der Waals surface area contributed by atoms with Crippen molar-refractivity contribution in [1.82, 2.24) is 5.32 Å². The minimum atomic E-state index is -3.73. The predicted octanol–water partition coefficient (Wildman–Crippen LogP) is 5.26. The molecule has 0 aromatic heterocycles. The largest absolute Gasteiger partial charge is 0.460 e. The van der Waals surface area contributed by atoms with Gasteiger partial charge in [0.15, 0.2) is 0 Å². The number of benzene rings is 3. The van der Waals surface area contributed by atoms with Crippen molar-refractivity contribution in [2.75, 3.05) is 10.0 Å². The zero-order valence-corrected chi connectivity index (χ0v) is 22.3. The number of carbonyl (C=O) groups excluding carboxylic acids is 2. The van der Waals surface area contributed by atoms with Crippen molar-refractivity contribution in [3.8, 4) is 0 Å². The average molecular weight is 524 g/mol. The highest BCUT2D eigenvalue weighted by molar-refractivity contribution is 7.92. The molecule has 0 saturated carbocycles. The molecule has 0 fully saturated rings. The lowest BCUT2D eigenvalue weighted by atomic mass is 10.0. The van der Waals surface area contributed by atoms with Crippen LogP contribution in [0.25, 0.3) is 0 Å². The van der Waals surface area contributed by atoms with Crippen LogP contribution in [0.5, 0.6) is 0 Å². The van der Waals surface area contributed by atoms with Gasteiger partial charge in [0.2, 0.25) is 0 Å². The van der Waals surface area contributed by atoms with E-state index in [4.69, 9.17) is 4.74 Å². The summed E-state index contributed by atoms with van der Waals surface area (Å²) in [6.45, 7) is 7.26. The van der Waals surface area contributed by atoms with E-state index in [0.717, 1.165) is 11.1 Å². The fourth-order valence-corrected chi connectivity index (χ4v) is 4.62. The number of hydrogen-bond donors (Lipinski definition) is 3. The van der Waals surface area contributed by atoms with Crippen LogP contribution in [0.2, 0.25) is 0 Å². The van der Waals surface area contributed by atoms with E-state index in [0.29, 0.717) is 17.8 Å². The summed E-state index contributed by atoms with van der Waals surface area (Å²) in [5.41, 5.74) is 2.13. The number of rotatable bonds is 9. The third-order valence-corrected chi connectivity index (χ3v) is 6.62. The van der Waals surface area contributed by atoms with E-state index in [9.17, 15) is 18.0 Å². The molecule has 0 aliphatic carbocycles. The molecular formula is C28H33N3O5S. The fourth-order valence-electron chi connectivity index (χ4n) is 3.56. The number of aryl methyl sites for hydroxylation is 1. The highest BCUT2D eigenvalue weighted by Crippen LogP contribution is 2.19. The van der Waals surface area contributed by atoms with Crippen molar-refractivity contribution in [2.45, 2.75) is 57.1 Å². The normalized spacial score (nSPS) is 12.3. The van der Waals surface area contributed by atoms with Gasteiger partial charge in [-0.05, 0) is 76.1 Å². The molecule has 3 aromatic carbocycles. The molecule has 0 bridgehead atoms.